The van der Waals surface area contributed by atoms with Gasteiger partial charge in [0, 0.05) is 22.9 Å². The lowest BCUT2D eigenvalue weighted by Crippen LogP contribution is -2.15. The number of hydrogen-bond donors (Lipinski definition) is 1. The molecule has 3 heteroatoms. The Morgan fingerprint density at radius 1 is 1.22 bits per heavy atom. The first-order chi connectivity index (χ1) is 8.70. The van der Waals surface area contributed by atoms with Crippen LogP contribution in [0.5, 0.6) is 0 Å². The van der Waals surface area contributed by atoms with Gasteiger partial charge >= 0.3 is 0 Å². The molecule has 1 atom stereocenters. The van der Waals surface area contributed by atoms with Gasteiger partial charge < -0.3 is 5.73 Å². The van der Waals surface area contributed by atoms with Crippen LogP contribution in [0.3, 0.4) is 0 Å². The summed E-state index contributed by atoms with van der Waals surface area (Å²) in [6, 6.07) is 10.4. The lowest BCUT2D eigenvalue weighted by Gasteiger charge is -2.15. The number of hydrogen-bond acceptors (Lipinski definition) is 2. The van der Waals surface area contributed by atoms with Crippen LogP contribution in [-0.4, -0.2) is 4.98 Å². The average Bonchev–Trinajstić information content (AvgIpc) is 2.41. The minimum atomic E-state index is 0.0316. The third-order valence-electron chi connectivity index (χ3n) is 3.09. The molecule has 0 aliphatic heterocycles. The normalized spacial score (nSPS) is 12.4. The highest BCUT2D eigenvalue weighted by Gasteiger charge is 2.10. The highest BCUT2D eigenvalue weighted by Crippen LogP contribution is 2.20. The van der Waals surface area contributed by atoms with E-state index in [1.807, 2.05) is 18.5 Å². The molecule has 0 aliphatic rings. The van der Waals surface area contributed by atoms with Crippen molar-refractivity contribution in [3.05, 3.63) is 63.9 Å². The van der Waals surface area contributed by atoms with Crippen molar-refractivity contribution in [2.75, 3.05) is 0 Å². The van der Waals surface area contributed by atoms with E-state index in [1.54, 1.807) is 0 Å². The van der Waals surface area contributed by atoms with Gasteiger partial charge in [-0.15, -0.1) is 0 Å². The van der Waals surface area contributed by atoms with Crippen LogP contribution in [-0.2, 0) is 12.8 Å². The summed E-state index contributed by atoms with van der Waals surface area (Å²) < 4.78 is 1.10. The van der Waals surface area contributed by atoms with Crippen LogP contribution in [0.15, 0.2) is 47.2 Å². The molecule has 0 amide bonds. The molecule has 2 rings (SSSR count). The van der Waals surface area contributed by atoms with Gasteiger partial charge in [-0.2, -0.15) is 0 Å². The van der Waals surface area contributed by atoms with Crippen molar-refractivity contribution in [2.24, 2.45) is 5.73 Å². The predicted molar refractivity (Wildman–Crippen MR) is 78.4 cm³/mol. The van der Waals surface area contributed by atoms with E-state index in [0.29, 0.717) is 0 Å². The van der Waals surface area contributed by atoms with E-state index in [9.17, 15) is 0 Å². The van der Waals surface area contributed by atoms with Crippen molar-refractivity contribution in [1.29, 1.82) is 0 Å². The number of halogens is 1. The van der Waals surface area contributed by atoms with Crippen LogP contribution < -0.4 is 5.73 Å². The van der Waals surface area contributed by atoms with Crippen LogP contribution >= 0.6 is 15.9 Å². The molecular weight excluding hydrogens is 288 g/mol. The molecule has 1 unspecified atom stereocenters. The van der Waals surface area contributed by atoms with E-state index < -0.39 is 0 Å². The summed E-state index contributed by atoms with van der Waals surface area (Å²) in [5.74, 6) is 0. The van der Waals surface area contributed by atoms with Gasteiger partial charge in [-0.25, -0.2) is 0 Å². The van der Waals surface area contributed by atoms with Crippen molar-refractivity contribution in [1.82, 2.24) is 4.98 Å². The smallest absolute Gasteiger partial charge is 0.0339 e. The summed E-state index contributed by atoms with van der Waals surface area (Å²) in [5.41, 5.74) is 10.00. The van der Waals surface area contributed by atoms with Crippen molar-refractivity contribution in [3.63, 3.8) is 0 Å². The molecule has 0 saturated carbocycles. The summed E-state index contributed by atoms with van der Waals surface area (Å²) in [5, 5.41) is 0. The zero-order valence-corrected chi connectivity index (χ0v) is 12.0. The molecule has 0 spiro atoms. The molecule has 2 N–H and O–H groups in total. The minimum absolute atomic E-state index is 0.0316. The zero-order chi connectivity index (χ0) is 13.0. The lowest BCUT2D eigenvalue weighted by molar-refractivity contribution is 0.709. The fraction of sp³-hybridized carbons (Fsp3) is 0.267. The molecule has 0 aliphatic carbocycles. The largest absolute Gasteiger partial charge is 0.324 e. The lowest BCUT2D eigenvalue weighted by atomic mass is 9.96. The molecule has 0 radical (unpaired) electrons. The third-order valence-corrected chi connectivity index (χ3v) is 3.62. The predicted octanol–water partition coefficient (Wildman–Crippen LogP) is 3.65. The van der Waals surface area contributed by atoms with Crippen LogP contribution in [0.25, 0.3) is 0 Å². The van der Waals surface area contributed by atoms with Gasteiger partial charge in [-0.1, -0.05) is 35.0 Å². The molecule has 2 nitrogen and oxygen atoms in total. The van der Waals surface area contributed by atoms with Crippen molar-refractivity contribution < 1.29 is 0 Å². The number of aryl methyl sites for hydroxylation is 1. The first-order valence-electron chi connectivity index (χ1n) is 6.13. The second kappa shape index (κ2) is 6.12. The summed E-state index contributed by atoms with van der Waals surface area (Å²) in [6.45, 7) is 2.13. The zero-order valence-electron chi connectivity index (χ0n) is 10.4. The molecule has 1 aromatic carbocycles. The van der Waals surface area contributed by atoms with Gasteiger partial charge in [-0.05, 0) is 47.7 Å². The molecule has 2 aromatic rings. The highest BCUT2D eigenvalue weighted by molar-refractivity contribution is 9.10. The van der Waals surface area contributed by atoms with Crippen LogP contribution in [0, 0.1) is 0 Å². The Bertz CT molecular complexity index is 508. The first-order valence-corrected chi connectivity index (χ1v) is 6.92. The highest BCUT2D eigenvalue weighted by atomic mass is 79.9. The Labute approximate surface area is 116 Å². The molecule has 18 heavy (non-hydrogen) atoms. The summed E-state index contributed by atoms with van der Waals surface area (Å²) in [7, 11) is 0. The minimum Gasteiger partial charge on any atom is -0.324 e. The maximum atomic E-state index is 6.30. The Kier molecular flexibility index (Phi) is 4.50. The number of aromatic nitrogens is 1. The number of benzene rings is 1. The molecule has 1 aromatic heterocycles. The van der Waals surface area contributed by atoms with Crippen molar-refractivity contribution in [2.45, 2.75) is 25.8 Å². The van der Waals surface area contributed by atoms with Gasteiger partial charge in [0.1, 0.15) is 0 Å². The summed E-state index contributed by atoms with van der Waals surface area (Å²) in [4.78, 5) is 4.16. The first kappa shape index (κ1) is 13.2. The second-order valence-electron chi connectivity index (χ2n) is 4.37. The standard InChI is InChI=1S/C15H17BrN2/c1-2-12-10-18-8-7-14(12)15(17)9-11-3-5-13(16)6-4-11/h3-8,10,15H,2,9,17H2,1H3. The van der Waals surface area contributed by atoms with Gasteiger partial charge in [0.15, 0.2) is 0 Å². The Hall–Kier alpha value is -1.19. The second-order valence-corrected chi connectivity index (χ2v) is 5.28. The average molecular weight is 305 g/mol. The van der Waals surface area contributed by atoms with E-state index in [4.69, 9.17) is 5.73 Å². The molecular formula is C15H17BrN2. The Balaban J connectivity index is 2.16. The van der Waals surface area contributed by atoms with Crippen LogP contribution in [0.2, 0.25) is 0 Å². The van der Waals surface area contributed by atoms with E-state index in [1.165, 1.54) is 16.7 Å². The van der Waals surface area contributed by atoms with E-state index in [0.717, 1.165) is 17.3 Å². The molecule has 1 heterocycles. The van der Waals surface area contributed by atoms with E-state index in [2.05, 4.69) is 52.1 Å². The van der Waals surface area contributed by atoms with Gasteiger partial charge in [0.05, 0.1) is 0 Å². The maximum absolute atomic E-state index is 6.30. The number of nitrogens with zero attached hydrogens (tertiary/aromatic N) is 1. The molecule has 94 valence electrons. The van der Waals surface area contributed by atoms with Crippen LogP contribution in [0.4, 0.5) is 0 Å². The third kappa shape index (κ3) is 3.18. The van der Waals surface area contributed by atoms with Crippen molar-refractivity contribution >= 4 is 15.9 Å². The van der Waals surface area contributed by atoms with Crippen LogP contribution in [0.1, 0.15) is 29.7 Å². The van der Waals surface area contributed by atoms with Gasteiger partial charge in [-0.3, -0.25) is 4.98 Å². The Morgan fingerprint density at radius 3 is 2.61 bits per heavy atom. The van der Waals surface area contributed by atoms with Crippen molar-refractivity contribution in [3.8, 4) is 0 Å². The molecule has 0 bridgehead atoms. The molecule has 0 saturated heterocycles. The van der Waals surface area contributed by atoms with Gasteiger partial charge in [0.2, 0.25) is 0 Å². The number of rotatable bonds is 4. The SMILES string of the molecule is CCc1cnccc1C(N)Cc1ccc(Br)cc1. The summed E-state index contributed by atoms with van der Waals surface area (Å²) in [6.07, 6.45) is 5.55. The van der Waals surface area contributed by atoms with E-state index in [-0.39, 0.29) is 6.04 Å². The van der Waals surface area contributed by atoms with Gasteiger partial charge in [0.25, 0.3) is 0 Å². The number of nitrogens with two attached hydrogens (primary N) is 1. The number of pyridine rings is 1. The Morgan fingerprint density at radius 2 is 1.94 bits per heavy atom. The topological polar surface area (TPSA) is 38.9 Å². The maximum Gasteiger partial charge on any atom is 0.0339 e. The summed E-state index contributed by atoms with van der Waals surface area (Å²) >= 11 is 3.44. The quantitative estimate of drug-likeness (QED) is 0.936. The monoisotopic (exact) mass is 304 g/mol. The fourth-order valence-electron chi connectivity index (χ4n) is 2.08. The molecule has 0 fully saturated rings. The fourth-order valence-corrected chi connectivity index (χ4v) is 2.34. The van der Waals surface area contributed by atoms with E-state index >= 15 is 0 Å².